The van der Waals surface area contributed by atoms with Gasteiger partial charge < -0.3 is 15.8 Å². The van der Waals surface area contributed by atoms with Crippen molar-refractivity contribution in [1.29, 1.82) is 0 Å². The normalized spacial score (nSPS) is 29.6. The first-order chi connectivity index (χ1) is 6.63. The Kier molecular flexibility index (Phi) is 4.35. The molecule has 0 bridgehead atoms. The zero-order valence-electron chi connectivity index (χ0n) is 8.95. The molecule has 1 aliphatic rings. The van der Waals surface area contributed by atoms with Crippen LogP contribution in [0.5, 0.6) is 0 Å². The number of nitrogens with two attached hydrogens (primary N) is 1. The van der Waals surface area contributed by atoms with Gasteiger partial charge in [-0.3, -0.25) is 4.79 Å². The minimum Gasteiger partial charge on any atom is -0.381 e. The molecule has 0 radical (unpaired) electrons. The molecule has 0 aromatic rings. The summed E-state index contributed by atoms with van der Waals surface area (Å²) >= 11 is 0. The lowest BCUT2D eigenvalue weighted by Crippen LogP contribution is -2.46. The van der Waals surface area contributed by atoms with E-state index >= 15 is 0 Å². The molecule has 2 unspecified atom stereocenters. The van der Waals surface area contributed by atoms with Crippen LogP contribution in [0.1, 0.15) is 32.6 Å². The Morgan fingerprint density at radius 1 is 1.57 bits per heavy atom. The Balaban J connectivity index is 2.34. The van der Waals surface area contributed by atoms with Crippen LogP contribution >= 0.6 is 0 Å². The average Bonchev–Trinajstić information content (AvgIpc) is 2.18. The first kappa shape index (κ1) is 11.5. The summed E-state index contributed by atoms with van der Waals surface area (Å²) < 4.78 is 5.28. The van der Waals surface area contributed by atoms with Crippen LogP contribution in [0.2, 0.25) is 0 Å². The van der Waals surface area contributed by atoms with Gasteiger partial charge in [0, 0.05) is 13.2 Å². The van der Waals surface area contributed by atoms with Crippen molar-refractivity contribution in [2.45, 2.75) is 50.8 Å². The number of ether oxygens (including phenoxy) is 1. The third-order valence-corrected chi connectivity index (χ3v) is 2.72. The monoisotopic (exact) mass is 200 g/mol. The van der Waals surface area contributed by atoms with Gasteiger partial charge in [0.05, 0.1) is 12.1 Å². The van der Waals surface area contributed by atoms with Crippen molar-refractivity contribution in [1.82, 2.24) is 5.32 Å². The molecule has 3 N–H and O–H groups in total. The second-order valence-corrected chi connectivity index (χ2v) is 4.02. The number of hydrogen-bond donors (Lipinski definition) is 2. The molecule has 0 heterocycles. The van der Waals surface area contributed by atoms with Gasteiger partial charge in [-0.1, -0.05) is 0 Å². The quantitative estimate of drug-likeness (QED) is 0.693. The van der Waals surface area contributed by atoms with Crippen molar-refractivity contribution in [3.63, 3.8) is 0 Å². The molecule has 14 heavy (non-hydrogen) atoms. The second-order valence-electron chi connectivity index (χ2n) is 4.02. The number of rotatable bonds is 3. The van der Waals surface area contributed by atoms with E-state index in [9.17, 15) is 4.79 Å². The highest BCUT2D eigenvalue weighted by Gasteiger charge is 2.23. The fourth-order valence-corrected chi connectivity index (χ4v) is 1.82. The number of carbonyl (C=O) groups excluding carboxylic acids is 1. The van der Waals surface area contributed by atoms with Crippen LogP contribution in [0.25, 0.3) is 0 Å². The van der Waals surface area contributed by atoms with Crippen LogP contribution in [0, 0.1) is 0 Å². The highest BCUT2D eigenvalue weighted by Crippen LogP contribution is 2.20. The van der Waals surface area contributed by atoms with E-state index in [0.29, 0.717) is 6.10 Å². The minimum atomic E-state index is -0.419. The fourth-order valence-electron chi connectivity index (χ4n) is 1.82. The molecule has 82 valence electrons. The first-order valence-corrected chi connectivity index (χ1v) is 5.22. The largest absolute Gasteiger partial charge is 0.381 e. The topological polar surface area (TPSA) is 64.3 Å². The number of amides is 1. The van der Waals surface area contributed by atoms with Crippen molar-refractivity contribution < 1.29 is 9.53 Å². The summed E-state index contributed by atoms with van der Waals surface area (Å²) in [4.78, 5) is 11.3. The highest BCUT2D eigenvalue weighted by molar-refractivity contribution is 5.81. The van der Waals surface area contributed by atoms with E-state index in [1.54, 1.807) is 14.0 Å². The summed E-state index contributed by atoms with van der Waals surface area (Å²) in [6, 6.07) is -0.176. The van der Waals surface area contributed by atoms with E-state index in [4.69, 9.17) is 10.5 Å². The molecular weight excluding hydrogens is 180 g/mol. The minimum absolute atomic E-state index is 0.0632. The van der Waals surface area contributed by atoms with Gasteiger partial charge in [0.1, 0.15) is 0 Å². The maximum atomic E-state index is 11.3. The Bertz CT molecular complexity index is 195. The van der Waals surface area contributed by atoms with Gasteiger partial charge >= 0.3 is 0 Å². The number of methoxy groups -OCH3 is 1. The Labute approximate surface area is 85.2 Å². The summed E-state index contributed by atoms with van der Waals surface area (Å²) in [6.07, 6.45) is 4.46. The highest BCUT2D eigenvalue weighted by atomic mass is 16.5. The predicted octanol–water partition coefficient (Wildman–Crippen LogP) is 0.407. The van der Waals surface area contributed by atoms with Crippen molar-refractivity contribution >= 4 is 5.91 Å². The lowest BCUT2D eigenvalue weighted by Gasteiger charge is -2.29. The fraction of sp³-hybridized carbons (Fsp3) is 0.900. The molecule has 1 aliphatic carbocycles. The molecule has 1 rings (SSSR count). The van der Waals surface area contributed by atoms with E-state index in [0.717, 1.165) is 25.7 Å². The SMILES string of the molecule is COC1CCCC(NC(=O)[C@@H](C)N)C1. The molecule has 0 aromatic carbocycles. The smallest absolute Gasteiger partial charge is 0.236 e. The molecule has 3 atom stereocenters. The second kappa shape index (κ2) is 5.32. The summed E-state index contributed by atoms with van der Waals surface area (Å²) in [6.45, 7) is 1.70. The van der Waals surface area contributed by atoms with Gasteiger partial charge in [-0.25, -0.2) is 0 Å². The number of nitrogens with one attached hydrogen (secondary N) is 1. The Morgan fingerprint density at radius 2 is 2.29 bits per heavy atom. The Morgan fingerprint density at radius 3 is 2.86 bits per heavy atom. The Hall–Kier alpha value is -0.610. The molecule has 4 heteroatoms. The van der Waals surface area contributed by atoms with Gasteiger partial charge in [-0.2, -0.15) is 0 Å². The number of hydrogen-bond acceptors (Lipinski definition) is 3. The van der Waals surface area contributed by atoms with Crippen LogP contribution in [0.4, 0.5) is 0 Å². The van der Waals surface area contributed by atoms with Crippen molar-refractivity contribution in [2.24, 2.45) is 5.73 Å². The van der Waals surface area contributed by atoms with Crippen molar-refractivity contribution in [3.05, 3.63) is 0 Å². The number of carbonyl (C=O) groups is 1. The molecule has 0 spiro atoms. The lowest BCUT2D eigenvalue weighted by molar-refractivity contribution is -0.123. The molecule has 4 nitrogen and oxygen atoms in total. The van der Waals surface area contributed by atoms with Crippen LogP contribution in [0.3, 0.4) is 0 Å². The molecule has 0 aromatic heterocycles. The standard InChI is InChI=1S/C10H20N2O2/c1-7(11)10(13)12-8-4-3-5-9(6-8)14-2/h7-9H,3-6,11H2,1-2H3,(H,12,13)/t7-,8?,9?/m1/s1. The molecule has 1 amide bonds. The zero-order valence-corrected chi connectivity index (χ0v) is 8.95. The van der Waals surface area contributed by atoms with E-state index in [1.165, 1.54) is 0 Å². The van der Waals surface area contributed by atoms with Gasteiger partial charge in [0.2, 0.25) is 5.91 Å². The van der Waals surface area contributed by atoms with E-state index in [2.05, 4.69) is 5.32 Å². The molecule has 1 saturated carbocycles. The van der Waals surface area contributed by atoms with Crippen LogP contribution < -0.4 is 11.1 Å². The van der Waals surface area contributed by atoms with Crippen molar-refractivity contribution in [2.75, 3.05) is 7.11 Å². The van der Waals surface area contributed by atoms with Crippen LogP contribution in [-0.4, -0.2) is 31.2 Å². The summed E-state index contributed by atoms with van der Waals surface area (Å²) in [5.74, 6) is -0.0632. The van der Waals surface area contributed by atoms with Gasteiger partial charge in [-0.15, -0.1) is 0 Å². The summed E-state index contributed by atoms with van der Waals surface area (Å²) in [7, 11) is 1.72. The maximum absolute atomic E-state index is 11.3. The molecule has 0 saturated heterocycles. The third kappa shape index (κ3) is 3.27. The van der Waals surface area contributed by atoms with Gasteiger partial charge in [0.25, 0.3) is 0 Å². The van der Waals surface area contributed by atoms with E-state index < -0.39 is 6.04 Å². The van der Waals surface area contributed by atoms with Crippen LogP contribution in [0.15, 0.2) is 0 Å². The third-order valence-electron chi connectivity index (χ3n) is 2.72. The van der Waals surface area contributed by atoms with E-state index in [-0.39, 0.29) is 11.9 Å². The maximum Gasteiger partial charge on any atom is 0.236 e. The first-order valence-electron chi connectivity index (χ1n) is 5.22. The van der Waals surface area contributed by atoms with Crippen LogP contribution in [-0.2, 0) is 9.53 Å². The van der Waals surface area contributed by atoms with Gasteiger partial charge in [0.15, 0.2) is 0 Å². The molecular formula is C10H20N2O2. The average molecular weight is 200 g/mol. The molecule has 0 aliphatic heterocycles. The predicted molar refractivity (Wildman–Crippen MR) is 54.8 cm³/mol. The lowest BCUT2D eigenvalue weighted by atomic mass is 9.92. The summed E-state index contributed by atoms with van der Waals surface area (Å²) in [5, 5.41) is 2.94. The zero-order chi connectivity index (χ0) is 10.6. The van der Waals surface area contributed by atoms with Crippen molar-refractivity contribution in [3.8, 4) is 0 Å². The molecule has 1 fully saturated rings. The van der Waals surface area contributed by atoms with Gasteiger partial charge in [-0.05, 0) is 32.6 Å². The van der Waals surface area contributed by atoms with E-state index in [1.807, 2.05) is 0 Å². The summed E-state index contributed by atoms with van der Waals surface area (Å²) in [5.41, 5.74) is 5.48.